The van der Waals surface area contributed by atoms with Crippen LogP contribution in [0.5, 0.6) is 5.75 Å². The number of carboxylic acids is 1. The lowest BCUT2D eigenvalue weighted by atomic mass is 10.0. The predicted octanol–water partition coefficient (Wildman–Crippen LogP) is 5.59. The molecule has 162 valence electrons. The van der Waals surface area contributed by atoms with E-state index in [-0.39, 0.29) is 21.2 Å². The molecule has 0 aliphatic carbocycles. The molecule has 0 unspecified atom stereocenters. The highest BCUT2D eigenvalue weighted by Gasteiger charge is 2.20. The average molecular weight is 466 g/mol. The van der Waals surface area contributed by atoms with Crippen LogP contribution in [0, 0.1) is 0 Å². The Morgan fingerprint density at radius 2 is 1.53 bits per heavy atom. The van der Waals surface area contributed by atoms with E-state index in [9.17, 15) is 13.2 Å². The Bertz CT molecular complexity index is 1360. The number of hydrogen-bond acceptors (Lipinski definition) is 5. The summed E-state index contributed by atoms with van der Waals surface area (Å²) in [5.74, 6) is -0.999. The Morgan fingerprint density at radius 3 is 2.19 bits per heavy atom. The van der Waals surface area contributed by atoms with Crippen LogP contribution in [-0.4, -0.2) is 26.6 Å². The number of ether oxygens (including phenoxy) is 1. The van der Waals surface area contributed by atoms with Gasteiger partial charge in [-0.1, -0.05) is 54.6 Å². The van der Waals surface area contributed by atoms with Crippen LogP contribution in [-0.2, 0) is 10.0 Å². The fourth-order valence-electron chi connectivity index (χ4n) is 3.18. The number of benzene rings is 3. The Kier molecular flexibility index (Phi) is 5.98. The molecule has 0 bridgehead atoms. The first-order chi connectivity index (χ1) is 15.4. The lowest BCUT2D eigenvalue weighted by molar-refractivity contribution is 0.0696. The third kappa shape index (κ3) is 4.51. The van der Waals surface area contributed by atoms with E-state index >= 15 is 0 Å². The van der Waals surface area contributed by atoms with Crippen molar-refractivity contribution in [1.29, 1.82) is 0 Å². The highest BCUT2D eigenvalue weighted by Crippen LogP contribution is 2.34. The molecule has 4 aromatic rings. The smallest absolute Gasteiger partial charge is 0.335 e. The van der Waals surface area contributed by atoms with Gasteiger partial charge in [-0.3, -0.25) is 4.72 Å². The lowest BCUT2D eigenvalue weighted by Crippen LogP contribution is -2.12. The van der Waals surface area contributed by atoms with Gasteiger partial charge in [-0.2, -0.15) is 0 Å². The number of hydrogen-bond donors (Lipinski definition) is 2. The first kappa shape index (κ1) is 21.6. The largest absolute Gasteiger partial charge is 0.495 e. The zero-order valence-corrected chi connectivity index (χ0v) is 18.6. The number of thiophene rings is 1. The second kappa shape index (κ2) is 8.86. The maximum Gasteiger partial charge on any atom is 0.335 e. The molecule has 6 nitrogen and oxygen atoms in total. The van der Waals surface area contributed by atoms with Crippen molar-refractivity contribution < 1.29 is 23.1 Å². The van der Waals surface area contributed by atoms with Crippen LogP contribution in [0.15, 0.2) is 89.1 Å². The third-order valence-corrected chi connectivity index (χ3v) is 7.81. The quantitative estimate of drug-likeness (QED) is 0.371. The van der Waals surface area contributed by atoms with Gasteiger partial charge in [-0.05, 0) is 47.0 Å². The maximum atomic E-state index is 12.9. The van der Waals surface area contributed by atoms with E-state index < -0.39 is 16.0 Å². The fourth-order valence-corrected chi connectivity index (χ4v) is 5.56. The van der Waals surface area contributed by atoms with Crippen molar-refractivity contribution >= 4 is 33.0 Å². The molecule has 2 N–H and O–H groups in total. The molecule has 0 saturated carbocycles. The van der Waals surface area contributed by atoms with E-state index in [0.717, 1.165) is 32.9 Å². The molecule has 1 heterocycles. The maximum absolute atomic E-state index is 12.9. The van der Waals surface area contributed by atoms with Gasteiger partial charge in [0.25, 0.3) is 10.0 Å². The van der Waals surface area contributed by atoms with Crippen LogP contribution in [0.1, 0.15) is 10.4 Å². The Balaban J connectivity index is 1.57. The zero-order chi connectivity index (χ0) is 22.7. The van der Waals surface area contributed by atoms with Crippen LogP contribution in [0.25, 0.3) is 21.6 Å². The molecule has 0 saturated heterocycles. The molecule has 0 radical (unpaired) electrons. The number of nitrogens with one attached hydrogen (secondary N) is 1. The number of sulfonamides is 1. The molecule has 0 fully saturated rings. The summed E-state index contributed by atoms with van der Waals surface area (Å²) >= 11 is 1.15. The molecule has 0 atom stereocenters. The van der Waals surface area contributed by atoms with Gasteiger partial charge in [0.15, 0.2) is 0 Å². The summed E-state index contributed by atoms with van der Waals surface area (Å²) in [7, 11) is -2.53. The Labute approximate surface area is 189 Å². The van der Waals surface area contributed by atoms with Crippen molar-refractivity contribution in [2.24, 2.45) is 0 Å². The number of carboxylic acid groups (broad SMARTS) is 1. The number of rotatable bonds is 7. The number of carbonyl (C=O) groups is 1. The molecule has 4 rings (SSSR count). The third-order valence-electron chi connectivity index (χ3n) is 4.82. The molecule has 3 aromatic carbocycles. The summed E-state index contributed by atoms with van der Waals surface area (Å²) in [4.78, 5) is 12.0. The van der Waals surface area contributed by atoms with Gasteiger partial charge in [0, 0.05) is 4.88 Å². The highest BCUT2D eigenvalue weighted by molar-refractivity contribution is 7.94. The van der Waals surface area contributed by atoms with Gasteiger partial charge in [0.2, 0.25) is 0 Å². The minimum Gasteiger partial charge on any atom is -0.495 e. The minimum absolute atomic E-state index is 0.00200. The second-order valence-corrected chi connectivity index (χ2v) is 9.88. The van der Waals surface area contributed by atoms with Crippen molar-refractivity contribution in [3.8, 4) is 27.3 Å². The van der Waals surface area contributed by atoms with E-state index in [4.69, 9.17) is 9.84 Å². The molecule has 0 aliphatic heterocycles. The molecular formula is C24H19NO5S2. The van der Waals surface area contributed by atoms with E-state index in [1.54, 1.807) is 12.1 Å². The molecule has 32 heavy (non-hydrogen) atoms. The van der Waals surface area contributed by atoms with Crippen LogP contribution >= 0.6 is 11.3 Å². The van der Waals surface area contributed by atoms with Gasteiger partial charge in [0.05, 0.1) is 18.4 Å². The normalized spacial score (nSPS) is 11.2. The van der Waals surface area contributed by atoms with Gasteiger partial charge in [-0.25, -0.2) is 13.2 Å². The standard InChI is InChI=1S/C24H19NO5S2/c1-30-21-15-19(24(26)27)11-12-20(21)25-32(28,29)23-14-13-22(31-23)18-9-7-17(8-10-18)16-5-3-2-4-6-16/h2-15,25H,1H3,(H,26,27). The predicted molar refractivity (Wildman–Crippen MR) is 126 cm³/mol. The van der Waals surface area contributed by atoms with Crippen molar-refractivity contribution in [3.05, 3.63) is 90.5 Å². The SMILES string of the molecule is COc1cc(C(=O)O)ccc1NS(=O)(=O)c1ccc(-c2ccc(-c3ccccc3)cc2)s1. The van der Waals surface area contributed by atoms with Crippen LogP contribution < -0.4 is 9.46 Å². The monoisotopic (exact) mass is 465 g/mol. The van der Waals surface area contributed by atoms with E-state index in [1.165, 1.54) is 25.3 Å². The lowest BCUT2D eigenvalue weighted by Gasteiger charge is -2.11. The summed E-state index contributed by atoms with van der Waals surface area (Å²) in [5.41, 5.74) is 3.28. The Morgan fingerprint density at radius 1 is 0.875 bits per heavy atom. The summed E-state index contributed by atoms with van der Waals surface area (Å²) in [6, 6.07) is 25.2. The molecule has 0 amide bonds. The summed E-state index contributed by atoms with van der Waals surface area (Å²) in [5, 5.41) is 9.11. The van der Waals surface area contributed by atoms with Gasteiger partial charge in [0.1, 0.15) is 9.96 Å². The van der Waals surface area contributed by atoms with Crippen LogP contribution in [0.3, 0.4) is 0 Å². The fraction of sp³-hybridized carbons (Fsp3) is 0.0417. The topological polar surface area (TPSA) is 92.7 Å². The van der Waals surface area contributed by atoms with Crippen molar-refractivity contribution in [3.63, 3.8) is 0 Å². The molecule has 0 spiro atoms. The number of anilines is 1. The van der Waals surface area contributed by atoms with Crippen molar-refractivity contribution in [2.45, 2.75) is 4.21 Å². The van der Waals surface area contributed by atoms with Gasteiger partial charge < -0.3 is 9.84 Å². The summed E-state index contributed by atoms with van der Waals surface area (Å²) in [6.07, 6.45) is 0. The second-order valence-electron chi connectivity index (χ2n) is 6.89. The summed E-state index contributed by atoms with van der Waals surface area (Å²) in [6.45, 7) is 0. The molecule has 1 aromatic heterocycles. The van der Waals surface area contributed by atoms with E-state index in [1.807, 2.05) is 54.6 Å². The molecule has 0 aliphatic rings. The first-order valence-corrected chi connectivity index (χ1v) is 11.9. The summed E-state index contributed by atoms with van der Waals surface area (Å²) < 4.78 is 33.6. The van der Waals surface area contributed by atoms with Gasteiger partial charge >= 0.3 is 5.97 Å². The van der Waals surface area contributed by atoms with Crippen molar-refractivity contribution in [1.82, 2.24) is 0 Å². The zero-order valence-electron chi connectivity index (χ0n) is 17.0. The van der Waals surface area contributed by atoms with E-state index in [0.29, 0.717) is 0 Å². The minimum atomic E-state index is -3.88. The highest BCUT2D eigenvalue weighted by atomic mass is 32.2. The number of methoxy groups -OCH3 is 1. The number of aromatic carboxylic acids is 1. The average Bonchev–Trinajstić information content (AvgIpc) is 3.31. The Hall–Kier alpha value is -3.62. The molecule has 8 heteroatoms. The molecular weight excluding hydrogens is 446 g/mol. The van der Waals surface area contributed by atoms with E-state index in [2.05, 4.69) is 4.72 Å². The van der Waals surface area contributed by atoms with Gasteiger partial charge in [-0.15, -0.1) is 11.3 Å². The van der Waals surface area contributed by atoms with Crippen molar-refractivity contribution in [2.75, 3.05) is 11.8 Å². The van der Waals surface area contributed by atoms with Crippen LogP contribution in [0.4, 0.5) is 5.69 Å². The van der Waals surface area contributed by atoms with Crippen LogP contribution in [0.2, 0.25) is 0 Å². The first-order valence-electron chi connectivity index (χ1n) is 9.57.